The third-order valence-corrected chi connectivity index (χ3v) is 4.85. The number of hydrogen-bond acceptors (Lipinski definition) is 2. The van der Waals surface area contributed by atoms with Gasteiger partial charge >= 0.3 is 0 Å². The summed E-state index contributed by atoms with van der Waals surface area (Å²) in [5, 5.41) is 3.42. The monoisotopic (exact) mass is 308 g/mol. The van der Waals surface area contributed by atoms with Gasteiger partial charge in [0.05, 0.1) is 5.41 Å². The van der Waals surface area contributed by atoms with E-state index < -0.39 is 0 Å². The van der Waals surface area contributed by atoms with Crippen molar-refractivity contribution in [3.63, 3.8) is 0 Å². The summed E-state index contributed by atoms with van der Waals surface area (Å²) in [5.74, 6) is 0.356. The molecule has 1 aromatic rings. The topological polar surface area (TPSA) is 32.3 Å². The van der Waals surface area contributed by atoms with Crippen molar-refractivity contribution in [3.05, 3.63) is 35.9 Å². The van der Waals surface area contributed by atoms with Crippen molar-refractivity contribution in [1.82, 2.24) is 10.2 Å². The van der Waals surface area contributed by atoms with Gasteiger partial charge in [-0.25, -0.2) is 0 Å². The summed E-state index contributed by atoms with van der Waals surface area (Å²) in [6.45, 7) is 4.76. The Kier molecular flexibility index (Phi) is 5.28. The summed E-state index contributed by atoms with van der Waals surface area (Å²) in [6.07, 6.45) is 4.35. The fraction of sp³-hybridized carbons (Fsp3) is 0.588. The molecule has 1 aromatic carbocycles. The fourth-order valence-corrected chi connectivity index (χ4v) is 3.78. The highest BCUT2D eigenvalue weighted by Gasteiger charge is 2.45. The Labute approximate surface area is 133 Å². The molecule has 3 nitrogen and oxygen atoms in total. The van der Waals surface area contributed by atoms with Gasteiger partial charge in [0.15, 0.2) is 0 Å². The zero-order chi connectivity index (χ0) is 14.0. The van der Waals surface area contributed by atoms with E-state index in [2.05, 4.69) is 41.4 Å². The molecule has 2 fully saturated rings. The summed E-state index contributed by atoms with van der Waals surface area (Å²) >= 11 is 0. The molecule has 0 radical (unpaired) electrons. The lowest BCUT2D eigenvalue weighted by Gasteiger charge is -2.39. The number of halogens is 1. The number of carbonyl (C=O) groups is 1. The predicted octanol–water partition coefficient (Wildman–Crippen LogP) is 2.74. The lowest BCUT2D eigenvalue weighted by molar-refractivity contribution is -0.138. The van der Waals surface area contributed by atoms with Crippen LogP contribution in [0.15, 0.2) is 30.3 Å². The molecule has 1 aliphatic carbocycles. The standard InChI is InChI=1S/C17H24N2O.ClH/c1-14-13-19(12-11-18-14)16(20)17(9-5-6-10-17)15-7-3-2-4-8-15;/h2-4,7-8,14,18H,5-6,9-13H2,1H3;1H. The lowest BCUT2D eigenvalue weighted by atomic mass is 9.77. The highest BCUT2D eigenvalue weighted by Crippen LogP contribution is 2.42. The van der Waals surface area contributed by atoms with E-state index in [1.165, 1.54) is 18.4 Å². The summed E-state index contributed by atoms with van der Waals surface area (Å²) in [5.41, 5.74) is 0.965. The summed E-state index contributed by atoms with van der Waals surface area (Å²) in [7, 11) is 0. The smallest absolute Gasteiger partial charge is 0.233 e. The SMILES string of the molecule is CC1CN(C(=O)C2(c3ccccc3)CCCC2)CCN1.Cl. The molecular weight excluding hydrogens is 284 g/mol. The number of rotatable bonds is 2. The van der Waals surface area contributed by atoms with Gasteiger partial charge in [0.2, 0.25) is 5.91 Å². The number of amides is 1. The predicted molar refractivity (Wildman–Crippen MR) is 87.9 cm³/mol. The molecule has 4 heteroatoms. The Morgan fingerprint density at radius 2 is 1.90 bits per heavy atom. The fourth-order valence-electron chi connectivity index (χ4n) is 3.78. The van der Waals surface area contributed by atoms with Crippen LogP contribution in [-0.4, -0.2) is 36.5 Å². The Hall–Kier alpha value is -1.06. The van der Waals surface area contributed by atoms with Crippen LogP contribution in [0.4, 0.5) is 0 Å². The summed E-state index contributed by atoms with van der Waals surface area (Å²) in [4.78, 5) is 15.2. The Balaban J connectivity index is 0.00000161. The minimum atomic E-state index is -0.252. The van der Waals surface area contributed by atoms with Crippen molar-refractivity contribution in [2.75, 3.05) is 19.6 Å². The minimum Gasteiger partial charge on any atom is -0.339 e. The second-order valence-electron chi connectivity index (χ2n) is 6.26. The minimum absolute atomic E-state index is 0. The van der Waals surface area contributed by atoms with Gasteiger partial charge in [-0.3, -0.25) is 4.79 Å². The second kappa shape index (κ2) is 6.80. The Morgan fingerprint density at radius 1 is 1.24 bits per heavy atom. The third-order valence-electron chi connectivity index (χ3n) is 4.85. The van der Waals surface area contributed by atoms with E-state index in [1.807, 2.05) is 6.07 Å². The first kappa shape index (κ1) is 16.3. The number of hydrogen-bond donors (Lipinski definition) is 1. The van der Waals surface area contributed by atoms with Gasteiger partial charge in [0, 0.05) is 25.7 Å². The van der Waals surface area contributed by atoms with E-state index in [0.717, 1.165) is 32.5 Å². The van der Waals surface area contributed by atoms with E-state index in [0.29, 0.717) is 11.9 Å². The van der Waals surface area contributed by atoms with E-state index in [9.17, 15) is 4.79 Å². The molecule has 1 amide bonds. The zero-order valence-corrected chi connectivity index (χ0v) is 13.5. The van der Waals surface area contributed by atoms with Crippen molar-refractivity contribution in [2.24, 2.45) is 0 Å². The maximum absolute atomic E-state index is 13.2. The van der Waals surface area contributed by atoms with Crippen molar-refractivity contribution < 1.29 is 4.79 Å². The molecule has 3 rings (SSSR count). The van der Waals surface area contributed by atoms with Gasteiger partial charge in [-0.15, -0.1) is 12.4 Å². The maximum atomic E-state index is 13.2. The van der Waals surface area contributed by atoms with Crippen molar-refractivity contribution >= 4 is 18.3 Å². The van der Waals surface area contributed by atoms with Crippen molar-refractivity contribution in [1.29, 1.82) is 0 Å². The molecule has 116 valence electrons. The number of nitrogens with one attached hydrogen (secondary N) is 1. The van der Waals surface area contributed by atoms with Gasteiger partial charge in [0.1, 0.15) is 0 Å². The molecule has 1 heterocycles. The second-order valence-corrected chi connectivity index (χ2v) is 6.26. The van der Waals surface area contributed by atoms with Gasteiger partial charge in [-0.05, 0) is 25.3 Å². The molecule has 0 aromatic heterocycles. The molecule has 1 aliphatic heterocycles. The van der Waals surface area contributed by atoms with E-state index >= 15 is 0 Å². The van der Waals surface area contributed by atoms with E-state index in [-0.39, 0.29) is 17.8 Å². The molecule has 1 atom stereocenters. The van der Waals surface area contributed by atoms with Crippen LogP contribution >= 0.6 is 12.4 Å². The molecule has 2 aliphatic rings. The van der Waals surface area contributed by atoms with Gasteiger partial charge in [0.25, 0.3) is 0 Å². The van der Waals surface area contributed by atoms with Gasteiger partial charge < -0.3 is 10.2 Å². The van der Waals surface area contributed by atoms with Gasteiger partial charge in [-0.2, -0.15) is 0 Å². The molecule has 1 unspecified atom stereocenters. The zero-order valence-electron chi connectivity index (χ0n) is 12.7. The average Bonchev–Trinajstić information content (AvgIpc) is 2.98. The number of nitrogens with zero attached hydrogens (tertiary/aromatic N) is 1. The first-order valence-electron chi connectivity index (χ1n) is 7.81. The van der Waals surface area contributed by atoms with E-state index in [4.69, 9.17) is 0 Å². The van der Waals surface area contributed by atoms with Crippen LogP contribution in [0.25, 0.3) is 0 Å². The molecular formula is C17H25ClN2O. The molecule has 0 spiro atoms. The first-order valence-corrected chi connectivity index (χ1v) is 7.81. The summed E-state index contributed by atoms with van der Waals surface area (Å²) < 4.78 is 0. The molecule has 1 saturated heterocycles. The van der Waals surface area contributed by atoms with Gasteiger partial charge in [-0.1, -0.05) is 43.2 Å². The lowest BCUT2D eigenvalue weighted by Crippen LogP contribution is -2.56. The molecule has 21 heavy (non-hydrogen) atoms. The Bertz CT molecular complexity index is 471. The quantitative estimate of drug-likeness (QED) is 0.911. The molecule has 1 saturated carbocycles. The normalized spacial score (nSPS) is 24.4. The highest BCUT2D eigenvalue weighted by molar-refractivity contribution is 5.88. The molecule has 1 N–H and O–H groups in total. The van der Waals surface area contributed by atoms with Crippen LogP contribution in [0.5, 0.6) is 0 Å². The summed E-state index contributed by atoms with van der Waals surface area (Å²) in [6, 6.07) is 10.8. The van der Waals surface area contributed by atoms with Crippen LogP contribution in [0.2, 0.25) is 0 Å². The third kappa shape index (κ3) is 3.09. The van der Waals surface area contributed by atoms with Crippen molar-refractivity contribution in [3.8, 4) is 0 Å². The average molecular weight is 309 g/mol. The Morgan fingerprint density at radius 3 is 2.52 bits per heavy atom. The first-order chi connectivity index (χ1) is 9.72. The van der Waals surface area contributed by atoms with Crippen LogP contribution < -0.4 is 5.32 Å². The van der Waals surface area contributed by atoms with Crippen LogP contribution in [0, 0.1) is 0 Å². The highest BCUT2D eigenvalue weighted by atomic mass is 35.5. The number of carbonyl (C=O) groups excluding carboxylic acids is 1. The largest absolute Gasteiger partial charge is 0.339 e. The number of benzene rings is 1. The van der Waals surface area contributed by atoms with Crippen molar-refractivity contribution in [2.45, 2.75) is 44.1 Å². The number of piperazine rings is 1. The van der Waals surface area contributed by atoms with E-state index in [1.54, 1.807) is 0 Å². The maximum Gasteiger partial charge on any atom is 0.233 e. The van der Waals surface area contributed by atoms with Crippen LogP contribution in [0.1, 0.15) is 38.2 Å². The molecule has 0 bridgehead atoms. The van der Waals surface area contributed by atoms with Crippen LogP contribution in [-0.2, 0) is 10.2 Å². The van der Waals surface area contributed by atoms with Crippen LogP contribution in [0.3, 0.4) is 0 Å².